The number of aromatic nitrogens is 2. The predicted molar refractivity (Wildman–Crippen MR) is 62.9 cm³/mol. The van der Waals surface area contributed by atoms with E-state index in [1.54, 1.807) is 11.3 Å². The van der Waals surface area contributed by atoms with Crippen LogP contribution in [0.2, 0.25) is 0 Å². The lowest BCUT2D eigenvalue weighted by Gasteiger charge is -2.06. The highest BCUT2D eigenvalue weighted by Crippen LogP contribution is 2.18. The molecule has 4 heteroatoms. The van der Waals surface area contributed by atoms with Crippen molar-refractivity contribution in [2.45, 2.75) is 25.9 Å². The quantitative estimate of drug-likeness (QED) is 0.860. The lowest BCUT2D eigenvalue weighted by Crippen LogP contribution is -2.11. The lowest BCUT2D eigenvalue weighted by molar-refractivity contribution is 0.656. The highest BCUT2D eigenvalue weighted by atomic mass is 32.1. The first-order valence-corrected chi connectivity index (χ1v) is 5.98. The van der Waals surface area contributed by atoms with Crippen molar-refractivity contribution < 1.29 is 0 Å². The number of hydrogen-bond acceptors (Lipinski definition) is 3. The molecule has 2 heterocycles. The Kier molecular flexibility index (Phi) is 3.18. The van der Waals surface area contributed by atoms with Gasteiger partial charge in [-0.2, -0.15) is 5.10 Å². The molecule has 1 atom stereocenters. The van der Waals surface area contributed by atoms with Crippen LogP contribution in [0.3, 0.4) is 0 Å². The third kappa shape index (κ3) is 2.46. The van der Waals surface area contributed by atoms with Gasteiger partial charge in [-0.1, -0.05) is 6.07 Å². The maximum absolute atomic E-state index is 6.11. The fourth-order valence-corrected chi connectivity index (χ4v) is 2.27. The summed E-state index contributed by atoms with van der Waals surface area (Å²) < 4.78 is 1.91. The summed E-state index contributed by atoms with van der Waals surface area (Å²) >= 11 is 1.75. The Morgan fingerprint density at radius 1 is 1.60 bits per heavy atom. The largest absolute Gasteiger partial charge is 0.324 e. The fraction of sp³-hybridized carbons (Fsp3) is 0.364. The molecule has 15 heavy (non-hydrogen) atoms. The first-order chi connectivity index (χ1) is 7.29. The van der Waals surface area contributed by atoms with E-state index in [2.05, 4.69) is 29.5 Å². The van der Waals surface area contributed by atoms with Crippen molar-refractivity contribution in [3.05, 3.63) is 40.3 Å². The standard InChI is InChI=1S/C11H15N3S/c1-2-14-8-9(7-13-14)11(12)6-10-4-3-5-15-10/h3-5,7-8,11H,2,6,12H2,1H3. The molecular weight excluding hydrogens is 206 g/mol. The number of hydrogen-bond donors (Lipinski definition) is 1. The van der Waals surface area contributed by atoms with Crippen LogP contribution in [0, 0.1) is 0 Å². The summed E-state index contributed by atoms with van der Waals surface area (Å²) in [6.45, 7) is 2.97. The van der Waals surface area contributed by atoms with Crippen molar-refractivity contribution in [2.24, 2.45) is 5.73 Å². The average Bonchev–Trinajstić information content (AvgIpc) is 2.86. The Balaban J connectivity index is 2.04. The average molecular weight is 221 g/mol. The van der Waals surface area contributed by atoms with E-state index in [0.717, 1.165) is 18.5 Å². The van der Waals surface area contributed by atoms with Gasteiger partial charge in [0.25, 0.3) is 0 Å². The number of nitrogens with two attached hydrogens (primary N) is 1. The number of nitrogens with zero attached hydrogens (tertiary/aromatic N) is 2. The van der Waals surface area contributed by atoms with Crippen LogP contribution >= 0.6 is 11.3 Å². The van der Waals surface area contributed by atoms with Gasteiger partial charge in [0.05, 0.1) is 6.20 Å². The molecule has 0 saturated carbocycles. The van der Waals surface area contributed by atoms with Crippen LogP contribution in [-0.4, -0.2) is 9.78 Å². The van der Waals surface area contributed by atoms with E-state index in [0.29, 0.717) is 0 Å². The van der Waals surface area contributed by atoms with E-state index in [1.165, 1.54) is 4.88 Å². The molecule has 0 radical (unpaired) electrons. The topological polar surface area (TPSA) is 43.8 Å². The van der Waals surface area contributed by atoms with E-state index in [-0.39, 0.29) is 6.04 Å². The molecule has 0 spiro atoms. The monoisotopic (exact) mass is 221 g/mol. The molecule has 0 bridgehead atoms. The van der Waals surface area contributed by atoms with Gasteiger partial charge in [-0.25, -0.2) is 0 Å². The van der Waals surface area contributed by atoms with Gasteiger partial charge in [0, 0.05) is 35.6 Å². The number of thiophene rings is 1. The smallest absolute Gasteiger partial charge is 0.0537 e. The zero-order chi connectivity index (χ0) is 10.7. The Labute approximate surface area is 93.5 Å². The Bertz CT molecular complexity index is 405. The maximum Gasteiger partial charge on any atom is 0.0537 e. The van der Waals surface area contributed by atoms with Crippen molar-refractivity contribution in [1.82, 2.24) is 9.78 Å². The van der Waals surface area contributed by atoms with E-state index >= 15 is 0 Å². The molecule has 0 fully saturated rings. The molecule has 2 aromatic rings. The molecule has 2 rings (SSSR count). The Morgan fingerprint density at radius 2 is 2.47 bits per heavy atom. The van der Waals surface area contributed by atoms with Gasteiger partial charge < -0.3 is 5.73 Å². The van der Waals surface area contributed by atoms with Crippen LogP contribution in [0.15, 0.2) is 29.9 Å². The highest BCUT2D eigenvalue weighted by molar-refractivity contribution is 7.09. The van der Waals surface area contributed by atoms with Crippen LogP contribution in [0.1, 0.15) is 23.4 Å². The minimum atomic E-state index is 0.0592. The van der Waals surface area contributed by atoms with Crippen LogP contribution in [0.5, 0.6) is 0 Å². The van der Waals surface area contributed by atoms with Crippen molar-refractivity contribution in [3.8, 4) is 0 Å². The zero-order valence-corrected chi connectivity index (χ0v) is 9.57. The molecule has 0 saturated heterocycles. The van der Waals surface area contributed by atoms with Crippen LogP contribution in [0.25, 0.3) is 0 Å². The fourth-order valence-electron chi connectivity index (χ4n) is 1.51. The third-order valence-electron chi connectivity index (χ3n) is 2.41. The molecule has 0 aromatic carbocycles. The minimum absolute atomic E-state index is 0.0592. The van der Waals surface area contributed by atoms with Gasteiger partial charge in [0.15, 0.2) is 0 Å². The number of aryl methyl sites for hydroxylation is 1. The van der Waals surface area contributed by atoms with E-state index in [9.17, 15) is 0 Å². The van der Waals surface area contributed by atoms with Crippen molar-refractivity contribution in [3.63, 3.8) is 0 Å². The van der Waals surface area contributed by atoms with E-state index < -0.39 is 0 Å². The van der Waals surface area contributed by atoms with Gasteiger partial charge in [-0.15, -0.1) is 11.3 Å². The molecule has 0 aliphatic rings. The molecule has 3 nitrogen and oxygen atoms in total. The molecule has 0 amide bonds. The first kappa shape index (κ1) is 10.4. The molecule has 0 aliphatic carbocycles. The van der Waals surface area contributed by atoms with Gasteiger partial charge in [0.2, 0.25) is 0 Å². The molecule has 0 aliphatic heterocycles. The molecule has 1 unspecified atom stereocenters. The first-order valence-electron chi connectivity index (χ1n) is 5.10. The molecule has 80 valence electrons. The summed E-state index contributed by atoms with van der Waals surface area (Å²) in [6.07, 6.45) is 4.78. The Hall–Kier alpha value is -1.13. The summed E-state index contributed by atoms with van der Waals surface area (Å²) in [6, 6.07) is 4.24. The summed E-state index contributed by atoms with van der Waals surface area (Å²) in [5, 5.41) is 6.31. The van der Waals surface area contributed by atoms with Crippen LogP contribution in [-0.2, 0) is 13.0 Å². The van der Waals surface area contributed by atoms with Gasteiger partial charge in [-0.05, 0) is 18.4 Å². The lowest BCUT2D eigenvalue weighted by atomic mass is 10.1. The highest BCUT2D eigenvalue weighted by Gasteiger charge is 2.09. The van der Waals surface area contributed by atoms with Crippen LogP contribution in [0.4, 0.5) is 0 Å². The van der Waals surface area contributed by atoms with E-state index in [4.69, 9.17) is 5.73 Å². The maximum atomic E-state index is 6.11. The molecule has 2 aromatic heterocycles. The van der Waals surface area contributed by atoms with Crippen LogP contribution < -0.4 is 5.73 Å². The SMILES string of the molecule is CCn1cc(C(N)Cc2cccs2)cn1. The molecular formula is C11H15N3S. The second-order valence-electron chi connectivity index (χ2n) is 3.52. The van der Waals surface area contributed by atoms with Crippen molar-refractivity contribution >= 4 is 11.3 Å². The second-order valence-corrected chi connectivity index (χ2v) is 4.55. The van der Waals surface area contributed by atoms with E-state index in [1.807, 2.05) is 17.1 Å². The van der Waals surface area contributed by atoms with Crippen molar-refractivity contribution in [1.29, 1.82) is 0 Å². The zero-order valence-electron chi connectivity index (χ0n) is 8.76. The summed E-state index contributed by atoms with van der Waals surface area (Å²) in [5.74, 6) is 0. The predicted octanol–water partition coefficient (Wildman–Crippen LogP) is 2.21. The summed E-state index contributed by atoms with van der Waals surface area (Å²) in [7, 11) is 0. The minimum Gasteiger partial charge on any atom is -0.324 e. The van der Waals surface area contributed by atoms with Gasteiger partial charge >= 0.3 is 0 Å². The Morgan fingerprint density at radius 3 is 3.07 bits per heavy atom. The second kappa shape index (κ2) is 4.59. The normalized spacial score (nSPS) is 12.9. The number of rotatable bonds is 4. The van der Waals surface area contributed by atoms with Crippen molar-refractivity contribution in [2.75, 3.05) is 0 Å². The third-order valence-corrected chi connectivity index (χ3v) is 3.31. The molecule has 2 N–H and O–H groups in total. The summed E-state index contributed by atoms with van der Waals surface area (Å²) in [4.78, 5) is 1.33. The van der Waals surface area contributed by atoms with Gasteiger partial charge in [0.1, 0.15) is 0 Å². The summed E-state index contributed by atoms with van der Waals surface area (Å²) in [5.41, 5.74) is 7.22. The van der Waals surface area contributed by atoms with Gasteiger partial charge in [-0.3, -0.25) is 4.68 Å².